The molecule has 0 aromatic heterocycles. The van der Waals surface area contributed by atoms with E-state index >= 15 is 0 Å². The number of halogens is 2. The van der Waals surface area contributed by atoms with Gasteiger partial charge in [0.25, 0.3) is 5.91 Å². The highest BCUT2D eigenvalue weighted by Crippen LogP contribution is 2.26. The molecule has 0 aliphatic rings. The van der Waals surface area contributed by atoms with Crippen LogP contribution < -0.4 is 5.32 Å². The van der Waals surface area contributed by atoms with Crippen LogP contribution in [0.15, 0.2) is 48.0 Å². The van der Waals surface area contributed by atoms with Gasteiger partial charge < -0.3 is 10.1 Å². The van der Waals surface area contributed by atoms with E-state index in [1.807, 2.05) is 19.1 Å². The summed E-state index contributed by atoms with van der Waals surface area (Å²) in [5.74, 6) is -1.38. The van der Waals surface area contributed by atoms with Crippen LogP contribution in [0.25, 0.3) is 6.08 Å². The summed E-state index contributed by atoms with van der Waals surface area (Å²) in [4.78, 5) is 24.1. The summed E-state index contributed by atoms with van der Waals surface area (Å²) < 4.78 is 4.94. The van der Waals surface area contributed by atoms with Gasteiger partial charge in [-0.25, -0.2) is 4.79 Å². The number of benzene rings is 2. The molecule has 0 spiro atoms. The van der Waals surface area contributed by atoms with Crippen LogP contribution in [0, 0.1) is 18.3 Å². The molecule has 1 N–H and O–H groups in total. The molecule has 0 aliphatic carbocycles. The van der Waals surface area contributed by atoms with Gasteiger partial charge >= 0.3 is 5.97 Å². The van der Waals surface area contributed by atoms with Gasteiger partial charge in [-0.05, 0) is 43.2 Å². The van der Waals surface area contributed by atoms with Crippen molar-refractivity contribution in [3.05, 3.63) is 74.8 Å². The monoisotopic (exact) mass is 416 g/mol. The number of nitrogens with zero attached hydrogens (tertiary/aromatic N) is 1. The molecule has 0 fully saturated rings. The number of carbonyl (C=O) groups excluding carboxylic acids is 2. The second-order valence-corrected chi connectivity index (χ2v) is 6.96. The van der Waals surface area contributed by atoms with E-state index in [9.17, 15) is 14.9 Å². The lowest BCUT2D eigenvalue weighted by molar-refractivity contribution is -0.144. The number of hydrogen-bond acceptors (Lipinski definition) is 4. The molecule has 2 aromatic carbocycles. The highest BCUT2D eigenvalue weighted by atomic mass is 35.5. The van der Waals surface area contributed by atoms with Crippen molar-refractivity contribution < 1.29 is 14.3 Å². The van der Waals surface area contributed by atoms with Gasteiger partial charge in [0.15, 0.2) is 6.61 Å². The maximum Gasteiger partial charge on any atom is 0.349 e. The van der Waals surface area contributed by atoms with E-state index in [2.05, 4.69) is 5.32 Å². The zero-order chi connectivity index (χ0) is 20.7. The fourth-order valence-corrected chi connectivity index (χ4v) is 2.96. The molecule has 0 saturated carbocycles. The highest BCUT2D eigenvalue weighted by molar-refractivity contribution is 6.35. The maximum absolute atomic E-state index is 12.1. The molecule has 0 bridgehead atoms. The SMILES string of the molecule is Cc1ccc(/C=C(\C#N)C(=O)OCC(=O)N[C@@H](C)c2ccc(Cl)cc2Cl)cc1. The van der Waals surface area contributed by atoms with E-state index in [1.54, 1.807) is 43.3 Å². The minimum absolute atomic E-state index is 0.189. The minimum Gasteiger partial charge on any atom is -0.451 e. The number of carbonyl (C=O) groups is 2. The first-order valence-electron chi connectivity index (χ1n) is 8.40. The first-order valence-corrected chi connectivity index (χ1v) is 9.15. The molecule has 1 atom stereocenters. The van der Waals surface area contributed by atoms with Gasteiger partial charge in [-0.2, -0.15) is 5.26 Å². The van der Waals surface area contributed by atoms with Gasteiger partial charge in [0.2, 0.25) is 0 Å². The van der Waals surface area contributed by atoms with E-state index < -0.39 is 24.5 Å². The summed E-state index contributed by atoms with van der Waals surface area (Å²) in [6, 6.07) is 13.6. The minimum atomic E-state index is -0.865. The lowest BCUT2D eigenvalue weighted by atomic mass is 10.1. The van der Waals surface area contributed by atoms with Crippen molar-refractivity contribution in [2.24, 2.45) is 0 Å². The Kier molecular flexibility index (Phi) is 7.62. The Morgan fingerprint density at radius 2 is 1.89 bits per heavy atom. The van der Waals surface area contributed by atoms with Gasteiger partial charge in [-0.15, -0.1) is 0 Å². The molecule has 5 nitrogen and oxygen atoms in total. The fraction of sp³-hybridized carbons (Fsp3) is 0.190. The number of hydrogen-bond donors (Lipinski definition) is 1. The van der Waals surface area contributed by atoms with Crippen LogP contribution in [-0.2, 0) is 14.3 Å². The van der Waals surface area contributed by atoms with Crippen LogP contribution >= 0.6 is 23.2 Å². The molecule has 0 aliphatic heterocycles. The first kappa shape index (κ1) is 21.5. The van der Waals surface area contributed by atoms with Gasteiger partial charge in [-0.1, -0.05) is 59.1 Å². The van der Waals surface area contributed by atoms with Crippen LogP contribution in [0.5, 0.6) is 0 Å². The predicted octanol–water partition coefficient (Wildman–Crippen LogP) is 4.63. The van der Waals surface area contributed by atoms with Gasteiger partial charge in [0, 0.05) is 10.0 Å². The number of esters is 1. The van der Waals surface area contributed by atoms with Crippen LogP contribution in [0.4, 0.5) is 0 Å². The third-order valence-electron chi connectivity index (χ3n) is 3.87. The normalized spacial score (nSPS) is 12.0. The second kappa shape index (κ2) is 9.93. The Bertz CT molecular complexity index is 947. The summed E-state index contributed by atoms with van der Waals surface area (Å²) in [7, 11) is 0. The Hall–Kier alpha value is -2.81. The van der Waals surface area contributed by atoms with Crippen molar-refractivity contribution in [2.45, 2.75) is 19.9 Å². The molecule has 0 saturated heterocycles. The molecular weight excluding hydrogens is 399 g/mol. The molecule has 2 aromatic rings. The molecule has 2 rings (SSSR count). The van der Waals surface area contributed by atoms with E-state index in [0.29, 0.717) is 21.2 Å². The lowest BCUT2D eigenvalue weighted by Crippen LogP contribution is -2.31. The van der Waals surface area contributed by atoms with E-state index in [-0.39, 0.29) is 5.57 Å². The number of aryl methyl sites for hydroxylation is 1. The smallest absolute Gasteiger partial charge is 0.349 e. The van der Waals surface area contributed by atoms with Crippen molar-refractivity contribution in [3.8, 4) is 6.07 Å². The Balaban J connectivity index is 1.94. The summed E-state index contributed by atoms with van der Waals surface area (Å²) in [5.41, 5.74) is 2.24. The van der Waals surface area contributed by atoms with E-state index in [4.69, 9.17) is 27.9 Å². The molecular formula is C21H18Cl2N2O3. The first-order chi connectivity index (χ1) is 13.3. The standard InChI is InChI=1S/C21H18Cl2N2O3/c1-13-3-5-15(6-4-13)9-16(11-24)21(27)28-12-20(26)25-14(2)18-8-7-17(22)10-19(18)23/h3-10,14H,12H2,1-2H3,(H,25,26)/b16-9+/t14-/m0/s1. The molecule has 0 radical (unpaired) electrons. The van der Waals surface area contributed by atoms with Crippen molar-refractivity contribution in [3.63, 3.8) is 0 Å². The molecule has 0 heterocycles. The maximum atomic E-state index is 12.1. The lowest BCUT2D eigenvalue weighted by Gasteiger charge is -2.16. The van der Waals surface area contributed by atoms with Crippen molar-refractivity contribution in [1.29, 1.82) is 5.26 Å². The molecule has 144 valence electrons. The van der Waals surface area contributed by atoms with E-state index in [1.165, 1.54) is 6.08 Å². The summed E-state index contributed by atoms with van der Waals surface area (Å²) in [5, 5.41) is 12.8. The zero-order valence-corrected chi connectivity index (χ0v) is 16.8. The Morgan fingerprint density at radius 1 is 1.21 bits per heavy atom. The average Bonchev–Trinajstić information content (AvgIpc) is 2.65. The quantitative estimate of drug-likeness (QED) is 0.422. The van der Waals surface area contributed by atoms with Crippen molar-refractivity contribution in [1.82, 2.24) is 5.32 Å². The van der Waals surface area contributed by atoms with Gasteiger partial charge in [-0.3, -0.25) is 4.79 Å². The number of nitrogens with one attached hydrogen (secondary N) is 1. The number of amides is 1. The van der Waals surface area contributed by atoms with Crippen molar-refractivity contribution in [2.75, 3.05) is 6.61 Å². The predicted molar refractivity (Wildman–Crippen MR) is 109 cm³/mol. The molecule has 28 heavy (non-hydrogen) atoms. The van der Waals surface area contributed by atoms with E-state index in [0.717, 1.165) is 5.56 Å². The van der Waals surface area contributed by atoms with Gasteiger partial charge in [0.1, 0.15) is 11.6 Å². The third-order valence-corrected chi connectivity index (χ3v) is 4.43. The number of nitriles is 1. The third kappa shape index (κ3) is 6.12. The highest BCUT2D eigenvalue weighted by Gasteiger charge is 2.16. The number of ether oxygens (including phenoxy) is 1. The van der Waals surface area contributed by atoms with Crippen LogP contribution in [-0.4, -0.2) is 18.5 Å². The van der Waals surface area contributed by atoms with Crippen LogP contribution in [0.1, 0.15) is 29.7 Å². The molecule has 1 amide bonds. The summed E-state index contributed by atoms with van der Waals surface area (Å²) in [6.45, 7) is 3.16. The summed E-state index contributed by atoms with van der Waals surface area (Å²) in [6.07, 6.45) is 1.41. The second-order valence-electron chi connectivity index (χ2n) is 6.11. The van der Waals surface area contributed by atoms with Gasteiger partial charge in [0.05, 0.1) is 6.04 Å². The average molecular weight is 417 g/mol. The number of rotatable bonds is 6. The van der Waals surface area contributed by atoms with Crippen molar-refractivity contribution >= 4 is 41.2 Å². The Morgan fingerprint density at radius 3 is 2.50 bits per heavy atom. The zero-order valence-electron chi connectivity index (χ0n) is 15.3. The van der Waals surface area contributed by atoms with Crippen LogP contribution in [0.2, 0.25) is 10.0 Å². The molecule has 7 heteroatoms. The van der Waals surface area contributed by atoms with Crippen LogP contribution in [0.3, 0.4) is 0 Å². The summed E-state index contributed by atoms with van der Waals surface area (Å²) >= 11 is 12.0. The topological polar surface area (TPSA) is 79.2 Å². The molecule has 0 unspecified atom stereocenters. The Labute approximate surface area is 173 Å². The largest absolute Gasteiger partial charge is 0.451 e. The fourth-order valence-electron chi connectivity index (χ4n) is 2.39.